The molecule has 0 unspecified atom stereocenters. The third kappa shape index (κ3) is 4.25. The van der Waals surface area contributed by atoms with Crippen molar-refractivity contribution in [2.45, 2.75) is 40.7 Å². The van der Waals surface area contributed by atoms with Crippen LogP contribution in [0.4, 0.5) is 11.4 Å². The van der Waals surface area contributed by atoms with Crippen LogP contribution in [0.1, 0.15) is 42.3 Å². The van der Waals surface area contributed by atoms with Crippen LogP contribution in [0.25, 0.3) is 10.9 Å². The number of ether oxygens (including phenoxy) is 2. The molecule has 28 heavy (non-hydrogen) atoms. The molecular weight excluding hydrogens is 352 g/mol. The zero-order valence-corrected chi connectivity index (χ0v) is 17.0. The SMILES string of the molecule is CCOC(=O)c1cnc2c(C)cc(C)cc2c1Nc1ccc(OC(C)C)cc1. The van der Waals surface area contributed by atoms with E-state index in [0.717, 1.165) is 33.5 Å². The van der Waals surface area contributed by atoms with Gasteiger partial charge in [0.1, 0.15) is 11.3 Å². The first kappa shape index (κ1) is 19.7. The molecule has 1 N–H and O–H groups in total. The molecule has 2 aromatic carbocycles. The van der Waals surface area contributed by atoms with Crippen LogP contribution in [-0.4, -0.2) is 23.7 Å². The normalized spacial score (nSPS) is 10.9. The van der Waals surface area contributed by atoms with E-state index >= 15 is 0 Å². The number of fused-ring (bicyclic) bond motifs is 1. The molecule has 0 bridgehead atoms. The van der Waals surface area contributed by atoms with E-state index in [1.807, 2.05) is 58.0 Å². The van der Waals surface area contributed by atoms with E-state index in [9.17, 15) is 4.79 Å². The fourth-order valence-electron chi connectivity index (χ4n) is 3.19. The number of aryl methyl sites for hydroxylation is 2. The van der Waals surface area contributed by atoms with Crippen molar-refractivity contribution in [2.24, 2.45) is 0 Å². The molecule has 0 spiro atoms. The molecule has 0 amide bonds. The van der Waals surface area contributed by atoms with Gasteiger partial charge >= 0.3 is 5.97 Å². The quantitative estimate of drug-likeness (QED) is 0.569. The van der Waals surface area contributed by atoms with Crippen LogP contribution < -0.4 is 10.1 Å². The number of pyridine rings is 1. The molecule has 1 aromatic heterocycles. The topological polar surface area (TPSA) is 60.5 Å². The van der Waals surface area contributed by atoms with Crippen LogP contribution in [0.5, 0.6) is 5.75 Å². The summed E-state index contributed by atoms with van der Waals surface area (Å²) in [5.74, 6) is 0.413. The maximum atomic E-state index is 12.5. The molecule has 0 fully saturated rings. The minimum Gasteiger partial charge on any atom is -0.491 e. The molecule has 0 saturated carbocycles. The Bertz CT molecular complexity index is 995. The second kappa shape index (κ2) is 8.30. The number of carbonyl (C=O) groups is 1. The molecule has 0 saturated heterocycles. The summed E-state index contributed by atoms with van der Waals surface area (Å²) in [4.78, 5) is 17.0. The number of hydrogen-bond acceptors (Lipinski definition) is 5. The highest BCUT2D eigenvalue weighted by Gasteiger charge is 2.18. The molecule has 5 heteroatoms. The highest BCUT2D eigenvalue weighted by Crippen LogP contribution is 2.32. The molecule has 3 aromatic rings. The summed E-state index contributed by atoms with van der Waals surface area (Å²) < 4.78 is 10.9. The summed E-state index contributed by atoms with van der Waals surface area (Å²) in [5.41, 5.74) is 5.01. The molecular formula is C23H26N2O3. The number of aromatic nitrogens is 1. The van der Waals surface area contributed by atoms with Crippen LogP contribution >= 0.6 is 0 Å². The van der Waals surface area contributed by atoms with Gasteiger partial charge in [0, 0.05) is 17.3 Å². The molecule has 5 nitrogen and oxygen atoms in total. The van der Waals surface area contributed by atoms with Gasteiger partial charge < -0.3 is 14.8 Å². The zero-order valence-electron chi connectivity index (χ0n) is 17.0. The summed E-state index contributed by atoms with van der Waals surface area (Å²) in [5, 5.41) is 4.29. The predicted molar refractivity (Wildman–Crippen MR) is 113 cm³/mol. The van der Waals surface area contributed by atoms with Gasteiger partial charge in [-0.05, 0) is 70.5 Å². The van der Waals surface area contributed by atoms with Gasteiger partial charge in [-0.3, -0.25) is 4.98 Å². The van der Waals surface area contributed by atoms with Gasteiger partial charge in [-0.15, -0.1) is 0 Å². The summed E-state index contributed by atoms with van der Waals surface area (Å²) in [6, 6.07) is 11.8. The largest absolute Gasteiger partial charge is 0.491 e. The monoisotopic (exact) mass is 378 g/mol. The fraction of sp³-hybridized carbons (Fsp3) is 0.304. The second-order valence-corrected chi connectivity index (χ2v) is 7.06. The molecule has 3 rings (SSSR count). The lowest BCUT2D eigenvalue weighted by molar-refractivity contribution is 0.0527. The van der Waals surface area contributed by atoms with E-state index in [1.54, 1.807) is 13.1 Å². The minimum absolute atomic E-state index is 0.115. The van der Waals surface area contributed by atoms with Crippen LogP contribution in [0.15, 0.2) is 42.6 Å². The number of hydrogen-bond donors (Lipinski definition) is 1. The van der Waals surface area contributed by atoms with E-state index in [2.05, 4.69) is 16.4 Å². The van der Waals surface area contributed by atoms with Crippen molar-refractivity contribution < 1.29 is 14.3 Å². The Kier molecular flexibility index (Phi) is 5.83. The van der Waals surface area contributed by atoms with Gasteiger partial charge in [0.15, 0.2) is 0 Å². The highest BCUT2D eigenvalue weighted by molar-refractivity contribution is 6.06. The smallest absolute Gasteiger partial charge is 0.341 e. The lowest BCUT2D eigenvalue weighted by atomic mass is 10.0. The van der Waals surface area contributed by atoms with Gasteiger partial charge in [0.2, 0.25) is 0 Å². The number of carbonyl (C=O) groups excluding carboxylic acids is 1. The molecule has 1 heterocycles. The Morgan fingerprint density at radius 1 is 1.14 bits per heavy atom. The number of nitrogens with zero attached hydrogens (tertiary/aromatic N) is 1. The maximum Gasteiger partial charge on any atom is 0.341 e. The number of nitrogens with one attached hydrogen (secondary N) is 1. The first-order chi connectivity index (χ1) is 13.4. The molecule has 0 aliphatic rings. The van der Waals surface area contributed by atoms with Crippen molar-refractivity contribution in [2.75, 3.05) is 11.9 Å². The summed E-state index contributed by atoms with van der Waals surface area (Å²) in [7, 11) is 0. The molecule has 0 radical (unpaired) electrons. The summed E-state index contributed by atoms with van der Waals surface area (Å²) in [6.45, 7) is 10.1. The Labute approximate surface area is 165 Å². The van der Waals surface area contributed by atoms with Crippen molar-refractivity contribution in [3.63, 3.8) is 0 Å². The number of rotatable bonds is 6. The lowest BCUT2D eigenvalue weighted by Gasteiger charge is -2.16. The van der Waals surface area contributed by atoms with Crippen LogP contribution in [-0.2, 0) is 4.74 Å². The number of esters is 1. The van der Waals surface area contributed by atoms with Gasteiger partial charge in [0.25, 0.3) is 0 Å². The van der Waals surface area contributed by atoms with Crippen molar-refractivity contribution in [3.8, 4) is 5.75 Å². The van der Waals surface area contributed by atoms with Crippen molar-refractivity contribution in [1.29, 1.82) is 0 Å². The zero-order chi connectivity index (χ0) is 20.3. The van der Waals surface area contributed by atoms with E-state index < -0.39 is 5.97 Å². The fourth-order valence-corrected chi connectivity index (χ4v) is 3.19. The van der Waals surface area contributed by atoms with Crippen molar-refractivity contribution in [3.05, 3.63) is 59.3 Å². The molecule has 146 valence electrons. The average molecular weight is 378 g/mol. The molecule has 0 atom stereocenters. The van der Waals surface area contributed by atoms with Crippen LogP contribution in [0.2, 0.25) is 0 Å². The average Bonchev–Trinajstić information content (AvgIpc) is 2.63. The standard InChI is InChI=1S/C23H26N2O3/c1-6-27-23(26)20-13-24-21-16(5)11-15(4)12-19(21)22(20)25-17-7-9-18(10-8-17)28-14(2)3/h7-14H,6H2,1-5H3,(H,24,25). The van der Waals surface area contributed by atoms with Crippen molar-refractivity contribution in [1.82, 2.24) is 4.98 Å². The van der Waals surface area contributed by atoms with E-state index in [1.165, 1.54) is 0 Å². The van der Waals surface area contributed by atoms with Crippen molar-refractivity contribution >= 4 is 28.2 Å². The predicted octanol–water partition coefficient (Wildman–Crippen LogP) is 5.56. The van der Waals surface area contributed by atoms with Gasteiger partial charge in [-0.2, -0.15) is 0 Å². The molecule has 0 aliphatic carbocycles. The summed E-state index contributed by atoms with van der Waals surface area (Å²) >= 11 is 0. The third-order valence-corrected chi connectivity index (χ3v) is 4.30. The first-order valence-corrected chi connectivity index (χ1v) is 9.50. The summed E-state index contributed by atoms with van der Waals surface area (Å²) in [6.07, 6.45) is 1.70. The van der Waals surface area contributed by atoms with Crippen LogP contribution in [0, 0.1) is 13.8 Å². The highest BCUT2D eigenvalue weighted by atomic mass is 16.5. The van der Waals surface area contributed by atoms with Crippen LogP contribution in [0.3, 0.4) is 0 Å². The number of anilines is 2. The lowest BCUT2D eigenvalue weighted by Crippen LogP contribution is -2.10. The van der Waals surface area contributed by atoms with E-state index in [-0.39, 0.29) is 6.10 Å². The Hall–Kier alpha value is -3.08. The van der Waals surface area contributed by atoms with Gasteiger partial charge in [-0.25, -0.2) is 4.79 Å². The third-order valence-electron chi connectivity index (χ3n) is 4.30. The Morgan fingerprint density at radius 3 is 2.50 bits per heavy atom. The maximum absolute atomic E-state index is 12.5. The molecule has 0 aliphatic heterocycles. The second-order valence-electron chi connectivity index (χ2n) is 7.06. The minimum atomic E-state index is -0.390. The Balaban J connectivity index is 2.08. The van der Waals surface area contributed by atoms with Gasteiger partial charge in [-0.1, -0.05) is 11.6 Å². The van der Waals surface area contributed by atoms with E-state index in [4.69, 9.17) is 9.47 Å². The Morgan fingerprint density at radius 2 is 1.86 bits per heavy atom. The van der Waals surface area contributed by atoms with E-state index in [0.29, 0.717) is 17.9 Å². The van der Waals surface area contributed by atoms with Gasteiger partial charge in [0.05, 0.1) is 23.9 Å². The number of benzene rings is 2. The first-order valence-electron chi connectivity index (χ1n) is 9.50.